The third-order valence-corrected chi connectivity index (χ3v) is 11.8. The second-order valence-corrected chi connectivity index (χ2v) is 15.9. The second-order valence-electron chi connectivity index (χ2n) is 15.9. The van der Waals surface area contributed by atoms with Gasteiger partial charge in [0.1, 0.15) is 0 Å². The zero-order valence-electron chi connectivity index (χ0n) is 34.7. The van der Waals surface area contributed by atoms with Crippen molar-refractivity contribution in [3.05, 3.63) is 0 Å². The quantitative estimate of drug-likeness (QED) is 0.0660. The molecule has 0 heterocycles. The van der Waals surface area contributed by atoms with Gasteiger partial charge in [0, 0.05) is 58.9 Å². The highest BCUT2D eigenvalue weighted by Crippen LogP contribution is 2.22. The van der Waals surface area contributed by atoms with E-state index in [1.54, 1.807) is 0 Å². The Morgan fingerprint density at radius 3 is 0.660 bits per heavy atom. The highest BCUT2D eigenvalue weighted by atomic mass is 15.2. The standard InChI is InChI=1S/C44H93N3/c1-11-21-26-40(16-6)35-45(31-33-46(36-41(17-7)27-22-12-2)37-42(18-8)28-23-13-3)32-34-47(38-43(19-9)29-24-14-4)39-44(20-10)30-25-15-5/h40-44H,11-39H2,1-10H3. The van der Waals surface area contributed by atoms with Crippen molar-refractivity contribution in [2.24, 2.45) is 29.6 Å². The normalized spacial score (nSPS) is 15.5. The Kier molecular flexibility index (Phi) is 33.0. The highest BCUT2D eigenvalue weighted by Gasteiger charge is 2.22. The molecule has 0 aromatic carbocycles. The Morgan fingerprint density at radius 1 is 0.277 bits per heavy atom. The summed E-state index contributed by atoms with van der Waals surface area (Å²) in [5.74, 6) is 4.29. The molecule has 0 aliphatic carbocycles. The molecule has 0 bridgehead atoms. The van der Waals surface area contributed by atoms with Crippen LogP contribution in [-0.4, -0.2) is 73.6 Å². The van der Waals surface area contributed by atoms with Crippen molar-refractivity contribution in [3.8, 4) is 0 Å². The molecule has 3 heteroatoms. The molecule has 0 aliphatic heterocycles. The Bertz CT molecular complexity index is 543. The van der Waals surface area contributed by atoms with Gasteiger partial charge in [-0.05, 0) is 61.7 Å². The van der Waals surface area contributed by atoms with E-state index in [2.05, 4.69) is 83.9 Å². The third kappa shape index (κ3) is 24.6. The van der Waals surface area contributed by atoms with E-state index in [9.17, 15) is 0 Å². The van der Waals surface area contributed by atoms with E-state index in [0.29, 0.717) is 0 Å². The van der Waals surface area contributed by atoms with Crippen LogP contribution in [-0.2, 0) is 0 Å². The lowest BCUT2D eigenvalue weighted by molar-refractivity contribution is 0.119. The molecule has 0 saturated heterocycles. The van der Waals surface area contributed by atoms with Crippen molar-refractivity contribution in [2.45, 2.75) is 198 Å². The van der Waals surface area contributed by atoms with Gasteiger partial charge in [0.25, 0.3) is 0 Å². The molecule has 0 radical (unpaired) electrons. The summed E-state index contributed by atoms with van der Waals surface area (Å²) in [5, 5.41) is 0. The van der Waals surface area contributed by atoms with Gasteiger partial charge in [-0.1, -0.05) is 166 Å². The van der Waals surface area contributed by atoms with E-state index in [4.69, 9.17) is 0 Å². The lowest BCUT2D eigenvalue weighted by Gasteiger charge is -2.36. The van der Waals surface area contributed by atoms with Gasteiger partial charge in [0.05, 0.1) is 0 Å². The monoisotopic (exact) mass is 664 g/mol. The van der Waals surface area contributed by atoms with Gasteiger partial charge in [0.15, 0.2) is 0 Å². The summed E-state index contributed by atoms with van der Waals surface area (Å²) >= 11 is 0. The van der Waals surface area contributed by atoms with Gasteiger partial charge in [-0.15, -0.1) is 0 Å². The molecule has 5 unspecified atom stereocenters. The minimum atomic E-state index is 0.846. The fourth-order valence-electron chi connectivity index (χ4n) is 7.79. The summed E-state index contributed by atoms with van der Waals surface area (Å²) in [5.41, 5.74) is 0. The van der Waals surface area contributed by atoms with Gasteiger partial charge in [0.2, 0.25) is 0 Å². The van der Waals surface area contributed by atoms with Crippen molar-refractivity contribution in [3.63, 3.8) is 0 Å². The largest absolute Gasteiger partial charge is 0.302 e. The van der Waals surface area contributed by atoms with E-state index in [0.717, 1.165) is 29.6 Å². The third-order valence-electron chi connectivity index (χ3n) is 11.8. The van der Waals surface area contributed by atoms with E-state index in [1.807, 2.05) is 0 Å². The second kappa shape index (κ2) is 33.0. The van der Waals surface area contributed by atoms with Crippen LogP contribution in [0.3, 0.4) is 0 Å². The SMILES string of the molecule is CCCCC(CC)CN(CCN(CC(CC)CCCC)CC(CC)CCCC)CCN(CC(CC)CCCC)CC(CC)CCCC. The van der Waals surface area contributed by atoms with Crippen LogP contribution in [0.25, 0.3) is 0 Å². The molecule has 0 spiro atoms. The maximum Gasteiger partial charge on any atom is 0.0110 e. The van der Waals surface area contributed by atoms with Crippen LogP contribution < -0.4 is 0 Å². The van der Waals surface area contributed by atoms with Crippen LogP contribution in [0.2, 0.25) is 0 Å². The van der Waals surface area contributed by atoms with Crippen molar-refractivity contribution in [2.75, 3.05) is 58.9 Å². The zero-order chi connectivity index (χ0) is 35.1. The van der Waals surface area contributed by atoms with Crippen LogP contribution in [0.5, 0.6) is 0 Å². The molecule has 5 atom stereocenters. The van der Waals surface area contributed by atoms with Gasteiger partial charge in [-0.25, -0.2) is 0 Å². The molecule has 0 rings (SSSR count). The minimum Gasteiger partial charge on any atom is -0.302 e. The van der Waals surface area contributed by atoms with Gasteiger partial charge >= 0.3 is 0 Å². The Labute approximate surface area is 300 Å². The fraction of sp³-hybridized carbons (Fsp3) is 1.00. The maximum absolute atomic E-state index is 2.95. The average molecular weight is 664 g/mol. The lowest BCUT2D eigenvalue weighted by atomic mass is 9.95. The number of unbranched alkanes of at least 4 members (excludes halogenated alkanes) is 5. The smallest absolute Gasteiger partial charge is 0.0110 e. The molecular weight excluding hydrogens is 571 g/mol. The van der Waals surface area contributed by atoms with E-state index in [-0.39, 0.29) is 0 Å². The van der Waals surface area contributed by atoms with Crippen molar-refractivity contribution in [1.82, 2.24) is 14.7 Å². The molecule has 3 nitrogen and oxygen atoms in total. The number of nitrogens with zero attached hydrogens (tertiary/aromatic N) is 3. The highest BCUT2D eigenvalue weighted by molar-refractivity contribution is 4.76. The van der Waals surface area contributed by atoms with E-state index >= 15 is 0 Å². The number of hydrogen-bond donors (Lipinski definition) is 0. The molecule has 0 amide bonds. The van der Waals surface area contributed by atoms with Crippen LogP contribution in [0.4, 0.5) is 0 Å². The van der Waals surface area contributed by atoms with E-state index in [1.165, 1.54) is 187 Å². The molecule has 0 aromatic rings. The minimum absolute atomic E-state index is 0.846. The zero-order valence-corrected chi connectivity index (χ0v) is 34.7. The van der Waals surface area contributed by atoms with Gasteiger partial charge in [-0.3, -0.25) is 0 Å². The molecule has 0 aromatic heterocycles. The Balaban J connectivity index is 6.00. The lowest BCUT2D eigenvalue weighted by Crippen LogP contribution is -2.45. The first-order valence-electron chi connectivity index (χ1n) is 22.0. The first-order valence-corrected chi connectivity index (χ1v) is 22.0. The molecule has 0 saturated carbocycles. The van der Waals surface area contributed by atoms with Gasteiger partial charge < -0.3 is 14.7 Å². The van der Waals surface area contributed by atoms with Crippen molar-refractivity contribution < 1.29 is 0 Å². The maximum atomic E-state index is 2.95. The summed E-state index contributed by atoms with van der Waals surface area (Å²) < 4.78 is 0. The van der Waals surface area contributed by atoms with E-state index < -0.39 is 0 Å². The summed E-state index contributed by atoms with van der Waals surface area (Å²) in [4.78, 5) is 8.84. The molecule has 0 N–H and O–H groups in total. The first kappa shape index (κ1) is 46.9. The van der Waals surface area contributed by atoms with Crippen LogP contribution in [0, 0.1) is 29.6 Å². The predicted molar refractivity (Wildman–Crippen MR) is 216 cm³/mol. The van der Waals surface area contributed by atoms with Crippen molar-refractivity contribution in [1.29, 1.82) is 0 Å². The Hall–Kier alpha value is -0.120. The van der Waals surface area contributed by atoms with Crippen LogP contribution in [0.1, 0.15) is 198 Å². The summed E-state index contributed by atoms with van der Waals surface area (Å²) in [6.07, 6.45) is 27.4. The summed E-state index contributed by atoms with van der Waals surface area (Å²) in [6.45, 7) is 35.7. The molecule has 0 aliphatic rings. The average Bonchev–Trinajstić information content (AvgIpc) is 3.10. The molecule has 0 fully saturated rings. The molecule has 47 heavy (non-hydrogen) atoms. The first-order chi connectivity index (χ1) is 22.9. The van der Waals surface area contributed by atoms with Crippen LogP contribution >= 0.6 is 0 Å². The fourth-order valence-corrected chi connectivity index (χ4v) is 7.79. The summed E-state index contributed by atoms with van der Waals surface area (Å²) in [6, 6.07) is 0. The topological polar surface area (TPSA) is 9.72 Å². The molecule has 284 valence electrons. The predicted octanol–water partition coefficient (Wildman–Crippen LogP) is 13.0. The van der Waals surface area contributed by atoms with Crippen LogP contribution in [0.15, 0.2) is 0 Å². The number of hydrogen-bond acceptors (Lipinski definition) is 3. The van der Waals surface area contributed by atoms with Gasteiger partial charge in [-0.2, -0.15) is 0 Å². The summed E-state index contributed by atoms with van der Waals surface area (Å²) in [7, 11) is 0. The molecular formula is C44H93N3. The van der Waals surface area contributed by atoms with Crippen molar-refractivity contribution >= 4 is 0 Å². The Morgan fingerprint density at radius 2 is 0.468 bits per heavy atom. The number of rotatable bonds is 36.